The van der Waals surface area contributed by atoms with Crippen molar-refractivity contribution in [1.29, 1.82) is 0 Å². The summed E-state index contributed by atoms with van der Waals surface area (Å²) in [6.45, 7) is 4.29. The van der Waals surface area contributed by atoms with E-state index >= 15 is 0 Å². The highest BCUT2D eigenvalue weighted by Gasteiger charge is 2.31. The smallest absolute Gasteiger partial charge is 0.258 e. The van der Waals surface area contributed by atoms with Gasteiger partial charge in [-0.1, -0.05) is 12.1 Å². The van der Waals surface area contributed by atoms with E-state index in [-0.39, 0.29) is 11.8 Å². The SMILES string of the molecule is NCCNCCNCCC1Cc2ccc3c4c(ccc1c24)C(=O)NC3=O. The van der Waals surface area contributed by atoms with E-state index in [4.69, 9.17) is 5.73 Å². The van der Waals surface area contributed by atoms with Gasteiger partial charge < -0.3 is 16.4 Å². The van der Waals surface area contributed by atoms with Gasteiger partial charge in [0.05, 0.1) is 0 Å². The van der Waals surface area contributed by atoms with Gasteiger partial charge in [-0.25, -0.2) is 0 Å². The summed E-state index contributed by atoms with van der Waals surface area (Å²) >= 11 is 0. The van der Waals surface area contributed by atoms with E-state index in [1.165, 1.54) is 11.1 Å². The fraction of sp³-hybridized carbons (Fsp3) is 0.400. The highest BCUT2D eigenvalue weighted by Crippen LogP contribution is 2.43. The van der Waals surface area contributed by atoms with E-state index in [0.717, 1.165) is 49.8 Å². The Kier molecular flexibility index (Phi) is 4.72. The average Bonchev–Trinajstić information content (AvgIpc) is 3.00. The van der Waals surface area contributed by atoms with Crippen molar-refractivity contribution in [3.05, 3.63) is 46.5 Å². The topological polar surface area (TPSA) is 96.2 Å². The number of amides is 2. The van der Waals surface area contributed by atoms with Crippen molar-refractivity contribution in [2.24, 2.45) is 5.73 Å². The Hall–Kier alpha value is -2.28. The van der Waals surface area contributed by atoms with Gasteiger partial charge in [-0.05, 0) is 54.0 Å². The molecule has 2 amide bonds. The second kappa shape index (κ2) is 7.15. The van der Waals surface area contributed by atoms with Gasteiger partial charge in [-0.2, -0.15) is 0 Å². The van der Waals surface area contributed by atoms with Crippen LogP contribution in [0.3, 0.4) is 0 Å². The first-order valence-electron chi connectivity index (χ1n) is 9.26. The number of carbonyl (C=O) groups excluding carboxylic acids is 2. The van der Waals surface area contributed by atoms with Gasteiger partial charge in [0.1, 0.15) is 0 Å². The third kappa shape index (κ3) is 2.90. The molecule has 0 radical (unpaired) electrons. The molecule has 2 aromatic rings. The van der Waals surface area contributed by atoms with Gasteiger partial charge in [0.25, 0.3) is 11.8 Å². The molecule has 0 spiro atoms. The molecule has 0 saturated heterocycles. The zero-order valence-corrected chi connectivity index (χ0v) is 14.7. The van der Waals surface area contributed by atoms with Gasteiger partial charge in [0.15, 0.2) is 0 Å². The fourth-order valence-corrected chi connectivity index (χ4v) is 4.16. The Labute approximate surface area is 152 Å². The number of hydrogen-bond acceptors (Lipinski definition) is 5. The van der Waals surface area contributed by atoms with E-state index in [9.17, 15) is 9.59 Å². The molecule has 0 bridgehead atoms. The van der Waals surface area contributed by atoms with E-state index in [2.05, 4.69) is 22.0 Å². The molecule has 1 atom stereocenters. The van der Waals surface area contributed by atoms with Gasteiger partial charge in [0.2, 0.25) is 0 Å². The largest absolute Gasteiger partial charge is 0.329 e. The number of carbonyl (C=O) groups is 2. The molecular formula is C20H24N4O2. The third-order valence-corrected chi connectivity index (χ3v) is 5.37. The predicted molar refractivity (Wildman–Crippen MR) is 102 cm³/mol. The summed E-state index contributed by atoms with van der Waals surface area (Å²) in [7, 11) is 0. The lowest BCUT2D eigenvalue weighted by Crippen LogP contribution is -2.34. The summed E-state index contributed by atoms with van der Waals surface area (Å²) < 4.78 is 0. The molecule has 1 unspecified atom stereocenters. The molecule has 0 fully saturated rings. The monoisotopic (exact) mass is 352 g/mol. The fourth-order valence-electron chi connectivity index (χ4n) is 4.16. The number of rotatable bonds is 8. The zero-order chi connectivity index (χ0) is 18.1. The number of benzene rings is 2. The minimum absolute atomic E-state index is 0.290. The molecule has 2 aromatic carbocycles. The molecule has 136 valence electrons. The minimum atomic E-state index is -0.290. The summed E-state index contributed by atoms with van der Waals surface area (Å²) in [5, 5.41) is 11.1. The number of hydrogen-bond donors (Lipinski definition) is 4. The van der Waals surface area contributed by atoms with Crippen molar-refractivity contribution in [2.75, 3.05) is 32.7 Å². The van der Waals surface area contributed by atoms with Crippen LogP contribution in [0.2, 0.25) is 0 Å². The van der Waals surface area contributed by atoms with Crippen LogP contribution in [0.4, 0.5) is 0 Å². The maximum absolute atomic E-state index is 12.2. The Bertz CT molecular complexity index is 857. The second-order valence-electron chi connectivity index (χ2n) is 6.99. The molecule has 0 aromatic heterocycles. The van der Waals surface area contributed by atoms with Crippen molar-refractivity contribution in [3.63, 3.8) is 0 Å². The first-order chi connectivity index (χ1) is 12.7. The summed E-state index contributed by atoms with van der Waals surface area (Å²) in [4.78, 5) is 24.3. The van der Waals surface area contributed by atoms with Crippen molar-refractivity contribution < 1.29 is 9.59 Å². The molecule has 26 heavy (non-hydrogen) atoms. The Balaban J connectivity index is 1.51. The molecule has 1 aliphatic carbocycles. The molecule has 4 rings (SSSR count). The van der Waals surface area contributed by atoms with E-state index in [0.29, 0.717) is 23.6 Å². The second-order valence-corrected chi connectivity index (χ2v) is 6.99. The van der Waals surface area contributed by atoms with Crippen LogP contribution >= 0.6 is 0 Å². The summed E-state index contributed by atoms with van der Waals surface area (Å²) in [6.07, 6.45) is 2.01. The number of nitrogens with two attached hydrogens (primary N) is 1. The number of imide groups is 1. The van der Waals surface area contributed by atoms with Crippen LogP contribution in [0.25, 0.3) is 10.8 Å². The van der Waals surface area contributed by atoms with Gasteiger partial charge in [-0.3, -0.25) is 14.9 Å². The zero-order valence-electron chi connectivity index (χ0n) is 14.7. The van der Waals surface area contributed by atoms with Crippen molar-refractivity contribution >= 4 is 22.6 Å². The first-order valence-corrected chi connectivity index (χ1v) is 9.26. The molecule has 5 N–H and O–H groups in total. The summed E-state index contributed by atoms with van der Waals surface area (Å²) in [6, 6.07) is 7.84. The van der Waals surface area contributed by atoms with Crippen molar-refractivity contribution in [3.8, 4) is 0 Å². The van der Waals surface area contributed by atoms with Crippen LogP contribution < -0.4 is 21.7 Å². The quantitative estimate of drug-likeness (QED) is 0.418. The van der Waals surface area contributed by atoms with Crippen LogP contribution in [0.5, 0.6) is 0 Å². The Morgan fingerprint density at radius 1 is 0.923 bits per heavy atom. The highest BCUT2D eigenvalue weighted by molar-refractivity contribution is 6.26. The van der Waals surface area contributed by atoms with Crippen LogP contribution in [0.15, 0.2) is 24.3 Å². The molecule has 6 nitrogen and oxygen atoms in total. The Morgan fingerprint density at radius 3 is 2.35 bits per heavy atom. The minimum Gasteiger partial charge on any atom is -0.329 e. The lowest BCUT2D eigenvalue weighted by Gasteiger charge is -2.18. The lowest BCUT2D eigenvalue weighted by molar-refractivity contribution is 0.0845. The first kappa shape index (κ1) is 17.1. The van der Waals surface area contributed by atoms with Gasteiger partial charge >= 0.3 is 0 Å². The van der Waals surface area contributed by atoms with Crippen LogP contribution in [-0.4, -0.2) is 44.5 Å². The molecule has 1 heterocycles. The van der Waals surface area contributed by atoms with E-state index in [1.807, 2.05) is 18.2 Å². The molecular weight excluding hydrogens is 328 g/mol. The van der Waals surface area contributed by atoms with Crippen molar-refractivity contribution in [2.45, 2.75) is 18.8 Å². The van der Waals surface area contributed by atoms with E-state index < -0.39 is 0 Å². The van der Waals surface area contributed by atoms with Crippen LogP contribution in [0, 0.1) is 0 Å². The normalized spacial score (nSPS) is 17.8. The van der Waals surface area contributed by atoms with E-state index in [1.54, 1.807) is 0 Å². The summed E-state index contributed by atoms with van der Waals surface area (Å²) in [5.74, 6) is -0.151. The van der Waals surface area contributed by atoms with Gasteiger partial charge in [-0.15, -0.1) is 0 Å². The standard InChI is InChI=1S/C20H24N4O2/c21-6-8-23-10-9-22-7-5-12-11-13-1-2-15-18-16(20(26)24-19(15)25)4-3-14(12)17(13)18/h1-4,12,22-23H,5-11,21H2,(H,24,25,26). The number of nitrogens with one attached hydrogen (secondary N) is 3. The average molecular weight is 352 g/mol. The molecule has 0 saturated carbocycles. The maximum Gasteiger partial charge on any atom is 0.258 e. The molecule has 1 aliphatic heterocycles. The Morgan fingerprint density at radius 2 is 1.62 bits per heavy atom. The highest BCUT2D eigenvalue weighted by atomic mass is 16.2. The molecule has 6 heteroatoms. The summed E-state index contributed by atoms with van der Waals surface area (Å²) in [5.41, 5.74) is 9.20. The van der Waals surface area contributed by atoms with Crippen LogP contribution in [0.1, 0.15) is 44.2 Å². The lowest BCUT2D eigenvalue weighted by atomic mass is 9.91. The maximum atomic E-state index is 12.2. The third-order valence-electron chi connectivity index (χ3n) is 5.37. The van der Waals surface area contributed by atoms with Crippen molar-refractivity contribution in [1.82, 2.24) is 16.0 Å². The van der Waals surface area contributed by atoms with Gasteiger partial charge in [0, 0.05) is 42.7 Å². The van der Waals surface area contributed by atoms with Crippen LogP contribution in [-0.2, 0) is 6.42 Å². The predicted octanol–water partition coefficient (Wildman–Crippen LogP) is 0.891. The molecule has 2 aliphatic rings.